The van der Waals surface area contributed by atoms with Crippen LogP contribution in [0.15, 0.2) is 30.9 Å². The molecule has 2 rings (SSSR count). The van der Waals surface area contributed by atoms with Gasteiger partial charge in [0.15, 0.2) is 0 Å². The normalized spacial score (nSPS) is 11.2. The number of hydrogen-bond acceptors (Lipinski definition) is 3. The fourth-order valence-corrected chi connectivity index (χ4v) is 2.35. The number of nitrogens with one attached hydrogen (secondary N) is 1. The van der Waals surface area contributed by atoms with Gasteiger partial charge in [0.1, 0.15) is 11.6 Å². The molecule has 1 heterocycles. The highest BCUT2D eigenvalue weighted by molar-refractivity contribution is 5.77. The Balaban J connectivity index is 2.20. The molecule has 1 N–H and O–H groups in total. The van der Waals surface area contributed by atoms with Gasteiger partial charge >= 0.3 is 0 Å². The van der Waals surface area contributed by atoms with Crippen molar-refractivity contribution >= 4 is 11.0 Å². The lowest BCUT2D eigenvalue weighted by Gasteiger charge is -2.09. The lowest BCUT2D eigenvalue weighted by molar-refractivity contribution is 0.415. The number of nitrogens with zero attached hydrogens (tertiary/aromatic N) is 2. The van der Waals surface area contributed by atoms with E-state index in [0.29, 0.717) is 5.92 Å². The van der Waals surface area contributed by atoms with Crippen molar-refractivity contribution in [2.45, 2.75) is 33.4 Å². The van der Waals surface area contributed by atoms with E-state index < -0.39 is 0 Å². The number of allylic oxidation sites excluding steroid dienone is 1. The van der Waals surface area contributed by atoms with Crippen molar-refractivity contribution < 1.29 is 4.74 Å². The maximum atomic E-state index is 5.27. The molecule has 114 valence electrons. The minimum atomic E-state index is 0.716. The fraction of sp³-hybridized carbons (Fsp3) is 0.471. The molecule has 0 aliphatic carbocycles. The zero-order valence-electron chi connectivity index (χ0n) is 13.2. The Kier molecular flexibility index (Phi) is 5.39. The Hall–Kier alpha value is -1.81. The summed E-state index contributed by atoms with van der Waals surface area (Å²) in [5, 5.41) is 3.47. The van der Waals surface area contributed by atoms with E-state index in [2.05, 4.69) is 36.4 Å². The molecular weight excluding hydrogens is 262 g/mol. The van der Waals surface area contributed by atoms with Gasteiger partial charge in [-0.15, -0.1) is 6.58 Å². The predicted molar refractivity (Wildman–Crippen MR) is 87.6 cm³/mol. The lowest BCUT2D eigenvalue weighted by atomic mass is 10.1. The molecule has 0 radical (unpaired) electrons. The summed E-state index contributed by atoms with van der Waals surface area (Å²) in [6.45, 7) is 10.9. The summed E-state index contributed by atoms with van der Waals surface area (Å²) in [5.41, 5.74) is 2.09. The molecule has 0 atom stereocenters. The summed E-state index contributed by atoms with van der Waals surface area (Å²) >= 11 is 0. The van der Waals surface area contributed by atoms with Gasteiger partial charge in [0.25, 0.3) is 0 Å². The summed E-state index contributed by atoms with van der Waals surface area (Å²) < 4.78 is 7.47. The van der Waals surface area contributed by atoms with Crippen LogP contribution < -0.4 is 10.1 Å². The Morgan fingerprint density at radius 2 is 2.24 bits per heavy atom. The van der Waals surface area contributed by atoms with Crippen molar-refractivity contribution in [2.24, 2.45) is 5.92 Å². The number of imidazole rings is 1. The number of ether oxygens (including phenoxy) is 1. The van der Waals surface area contributed by atoms with Gasteiger partial charge < -0.3 is 14.6 Å². The zero-order chi connectivity index (χ0) is 15.2. The lowest BCUT2D eigenvalue weighted by Crippen LogP contribution is -2.19. The average Bonchev–Trinajstić information content (AvgIpc) is 2.81. The molecule has 0 saturated heterocycles. The van der Waals surface area contributed by atoms with Crippen LogP contribution in [-0.4, -0.2) is 23.2 Å². The van der Waals surface area contributed by atoms with E-state index in [1.807, 2.05) is 18.2 Å². The van der Waals surface area contributed by atoms with Crippen LogP contribution in [0.4, 0.5) is 0 Å². The van der Waals surface area contributed by atoms with Crippen molar-refractivity contribution in [2.75, 3.05) is 13.7 Å². The molecule has 0 amide bonds. The van der Waals surface area contributed by atoms with Crippen LogP contribution in [0, 0.1) is 5.92 Å². The molecular formula is C17H25N3O. The number of rotatable bonds is 8. The quantitative estimate of drug-likeness (QED) is 0.597. The van der Waals surface area contributed by atoms with Crippen LogP contribution in [0.3, 0.4) is 0 Å². The van der Waals surface area contributed by atoms with Crippen molar-refractivity contribution in [3.8, 4) is 5.75 Å². The highest BCUT2D eigenvalue weighted by atomic mass is 16.5. The number of aromatic nitrogens is 2. The average molecular weight is 287 g/mol. The summed E-state index contributed by atoms with van der Waals surface area (Å²) in [5.74, 6) is 2.60. The summed E-state index contributed by atoms with van der Waals surface area (Å²) in [7, 11) is 1.68. The first-order chi connectivity index (χ1) is 10.2. The Bertz CT molecular complexity index is 601. The highest BCUT2D eigenvalue weighted by Crippen LogP contribution is 2.22. The number of fused-ring (bicyclic) bond motifs is 1. The molecule has 0 saturated carbocycles. The zero-order valence-corrected chi connectivity index (χ0v) is 13.2. The Labute approximate surface area is 126 Å². The SMILES string of the molecule is C=CCn1c(CNCCC(C)C)nc2cc(OC)ccc21. The van der Waals surface area contributed by atoms with E-state index in [1.54, 1.807) is 7.11 Å². The molecule has 0 spiro atoms. The first-order valence-corrected chi connectivity index (χ1v) is 7.50. The fourth-order valence-electron chi connectivity index (χ4n) is 2.35. The minimum Gasteiger partial charge on any atom is -0.497 e. The molecule has 2 aromatic rings. The third kappa shape index (κ3) is 3.85. The van der Waals surface area contributed by atoms with Crippen molar-refractivity contribution in [1.82, 2.24) is 14.9 Å². The maximum absolute atomic E-state index is 5.27. The van der Waals surface area contributed by atoms with Crippen LogP contribution in [0.25, 0.3) is 11.0 Å². The molecule has 0 fully saturated rings. The van der Waals surface area contributed by atoms with E-state index in [4.69, 9.17) is 9.72 Å². The number of methoxy groups -OCH3 is 1. The van der Waals surface area contributed by atoms with E-state index in [-0.39, 0.29) is 0 Å². The molecule has 4 heteroatoms. The van der Waals surface area contributed by atoms with Gasteiger partial charge in [0, 0.05) is 12.6 Å². The Morgan fingerprint density at radius 1 is 1.43 bits per heavy atom. The van der Waals surface area contributed by atoms with Crippen molar-refractivity contribution in [3.05, 3.63) is 36.7 Å². The van der Waals surface area contributed by atoms with Crippen molar-refractivity contribution in [1.29, 1.82) is 0 Å². The number of hydrogen-bond donors (Lipinski definition) is 1. The monoisotopic (exact) mass is 287 g/mol. The molecule has 1 aromatic carbocycles. The minimum absolute atomic E-state index is 0.716. The predicted octanol–water partition coefficient (Wildman–Crippen LogP) is 3.37. The molecule has 4 nitrogen and oxygen atoms in total. The molecule has 0 unspecified atom stereocenters. The largest absolute Gasteiger partial charge is 0.497 e. The van der Waals surface area contributed by atoms with Gasteiger partial charge in [0.2, 0.25) is 0 Å². The molecule has 1 aromatic heterocycles. The summed E-state index contributed by atoms with van der Waals surface area (Å²) in [6.07, 6.45) is 3.08. The first kappa shape index (κ1) is 15.6. The van der Waals surface area contributed by atoms with E-state index in [0.717, 1.165) is 42.2 Å². The van der Waals surface area contributed by atoms with Crippen LogP contribution in [-0.2, 0) is 13.1 Å². The second-order valence-electron chi connectivity index (χ2n) is 5.64. The Morgan fingerprint density at radius 3 is 2.90 bits per heavy atom. The third-order valence-corrected chi connectivity index (χ3v) is 3.53. The molecule has 0 bridgehead atoms. The van der Waals surface area contributed by atoms with E-state index in [9.17, 15) is 0 Å². The standard InChI is InChI=1S/C17H25N3O/c1-5-10-20-16-7-6-14(21-4)11-15(16)19-17(20)12-18-9-8-13(2)3/h5-7,11,13,18H,1,8-10,12H2,2-4H3. The number of benzene rings is 1. The maximum Gasteiger partial charge on any atom is 0.124 e. The molecule has 0 aliphatic heterocycles. The van der Waals surface area contributed by atoms with Crippen LogP contribution in [0.2, 0.25) is 0 Å². The summed E-state index contributed by atoms with van der Waals surface area (Å²) in [6, 6.07) is 6.01. The van der Waals surface area contributed by atoms with Crippen LogP contribution in [0.5, 0.6) is 5.75 Å². The highest BCUT2D eigenvalue weighted by Gasteiger charge is 2.10. The second-order valence-corrected chi connectivity index (χ2v) is 5.64. The molecule has 21 heavy (non-hydrogen) atoms. The topological polar surface area (TPSA) is 39.1 Å². The van der Waals surface area contributed by atoms with E-state index >= 15 is 0 Å². The van der Waals surface area contributed by atoms with Gasteiger partial charge in [-0.25, -0.2) is 4.98 Å². The van der Waals surface area contributed by atoms with Gasteiger partial charge in [0.05, 0.1) is 24.7 Å². The van der Waals surface area contributed by atoms with Gasteiger partial charge in [-0.05, 0) is 31.0 Å². The van der Waals surface area contributed by atoms with Gasteiger partial charge in [-0.2, -0.15) is 0 Å². The summed E-state index contributed by atoms with van der Waals surface area (Å²) in [4.78, 5) is 4.73. The molecule has 0 aliphatic rings. The smallest absolute Gasteiger partial charge is 0.124 e. The third-order valence-electron chi connectivity index (χ3n) is 3.53. The van der Waals surface area contributed by atoms with Crippen LogP contribution >= 0.6 is 0 Å². The van der Waals surface area contributed by atoms with E-state index in [1.165, 1.54) is 6.42 Å². The van der Waals surface area contributed by atoms with Gasteiger partial charge in [-0.3, -0.25) is 0 Å². The van der Waals surface area contributed by atoms with Gasteiger partial charge in [-0.1, -0.05) is 19.9 Å². The van der Waals surface area contributed by atoms with Crippen molar-refractivity contribution in [3.63, 3.8) is 0 Å². The second kappa shape index (κ2) is 7.27. The first-order valence-electron chi connectivity index (χ1n) is 7.50. The van der Waals surface area contributed by atoms with Crippen LogP contribution in [0.1, 0.15) is 26.1 Å².